The minimum absolute atomic E-state index is 0.0402. The smallest absolute Gasteiger partial charge is 0.342 e. The molecule has 0 heterocycles. The molecule has 1 atom stereocenters. The number of ether oxygens (including phenoxy) is 2. The zero-order valence-corrected chi connectivity index (χ0v) is 13.3. The van der Waals surface area contributed by atoms with Crippen LogP contribution < -0.4 is 4.74 Å². The van der Waals surface area contributed by atoms with E-state index in [1.54, 1.807) is 24.3 Å². The Morgan fingerprint density at radius 3 is 2.35 bits per heavy atom. The molecular weight excluding hydrogens is 320 g/mol. The number of rotatable bonds is 5. The van der Waals surface area contributed by atoms with Gasteiger partial charge in [-0.25, -0.2) is 4.79 Å². The molecule has 0 aliphatic heterocycles. The van der Waals surface area contributed by atoms with Gasteiger partial charge in [-0.15, -0.1) is 0 Å². The highest BCUT2D eigenvalue weighted by Gasteiger charge is 2.22. The average Bonchev–Trinajstić information content (AvgIpc) is 2.54. The second-order valence-electron chi connectivity index (χ2n) is 4.80. The van der Waals surface area contributed by atoms with Gasteiger partial charge in [-0.2, -0.15) is 0 Å². The van der Waals surface area contributed by atoms with Crippen molar-refractivity contribution in [3.05, 3.63) is 58.6 Å². The number of aromatic hydroxyl groups is 1. The van der Waals surface area contributed by atoms with Crippen LogP contribution in [-0.2, 0) is 4.74 Å². The van der Waals surface area contributed by atoms with Gasteiger partial charge in [-0.05, 0) is 43.3 Å². The first kappa shape index (κ1) is 16.8. The molecule has 0 amide bonds. The van der Waals surface area contributed by atoms with E-state index in [2.05, 4.69) is 0 Å². The number of benzene rings is 2. The monoisotopic (exact) mass is 334 g/mol. The number of phenols is 1. The summed E-state index contributed by atoms with van der Waals surface area (Å²) >= 11 is 5.77. The van der Waals surface area contributed by atoms with Gasteiger partial charge in [-0.3, -0.25) is 4.79 Å². The number of ketones is 1. The Morgan fingerprint density at radius 1 is 1.13 bits per heavy atom. The van der Waals surface area contributed by atoms with Crippen molar-refractivity contribution in [3.63, 3.8) is 0 Å². The molecule has 2 aromatic rings. The van der Waals surface area contributed by atoms with Gasteiger partial charge in [0.05, 0.1) is 7.11 Å². The normalized spacial score (nSPS) is 11.6. The van der Waals surface area contributed by atoms with Gasteiger partial charge in [-0.1, -0.05) is 11.6 Å². The summed E-state index contributed by atoms with van der Waals surface area (Å²) < 4.78 is 10.1. The molecule has 0 unspecified atom stereocenters. The van der Waals surface area contributed by atoms with Crippen molar-refractivity contribution >= 4 is 23.4 Å². The predicted octanol–water partition coefficient (Wildman–Crippen LogP) is 3.48. The fourth-order valence-electron chi connectivity index (χ4n) is 1.94. The Balaban J connectivity index is 2.10. The Morgan fingerprint density at radius 2 is 1.78 bits per heavy atom. The third-order valence-electron chi connectivity index (χ3n) is 3.21. The number of halogens is 1. The second-order valence-corrected chi connectivity index (χ2v) is 5.24. The van der Waals surface area contributed by atoms with Crippen LogP contribution in [0.15, 0.2) is 42.5 Å². The van der Waals surface area contributed by atoms with Crippen LogP contribution in [-0.4, -0.2) is 30.1 Å². The molecule has 0 spiro atoms. The summed E-state index contributed by atoms with van der Waals surface area (Å²) in [6.45, 7) is 1.47. The maximum absolute atomic E-state index is 12.2. The van der Waals surface area contributed by atoms with Crippen LogP contribution in [0.3, 0.4) is 0 Å². The van der Waals surface area contributed by atoms with E-state index in [0.717, 1.165) is 0 Å². The number of Topliss-reactive ketones (excluding diaryl/α,β-unsaturated/α-hetero) is 1. The number of carbonyl (C=O) groups is 2. The van der Waals surface area contributed by atoms with Crippen molar-refractivity contribution < 1.29 is 24.2 Å². The van der Waals surface area contributed by atoms with Gasteiger partial charge < -0.3 is 14.6 Å². The molecular formula is C17H15ClO5. The number of phenolic OH excluding ortho intramolecular Hbond substituents is 1. The lowest BCUT2D eigenvalue weighted by Gasteiger charge is -2.13. The van der Waals surface area contributed by atoms with Gasteiger partial charge in [0.2, 0.25) is 5.78 Å². The number of methoxy groups -OCH3 is 1. The summed E-state index contributed by atoms with van der Waals surface area (Å²) in [6, 6.07) is 10.5. The molecule has 2 rings (SSSR count). The van der Waals surface area contributed by atoms with Crippen molar-refractivity contribution in [1.29, 1.82) is 0 Å². The highest BCUT2D eigenvalue weighted by atomic mass is 35.5. The fraction of sp³-hybridized carbons (Fsp3) is 0.176. The van der Waals surface area contributed by atoms with Crippen molar-refractivity contribution in [2.45, 2.75) is 13.0 Å². The van der Waals surface area contributed by atoms with E-state index in [9.17, 15) is 14.7 Å². The number of carbonyl (C=O) groups excluding carboxylic acids is 2. The Hall–Kier alpha value is -2.53. The lowest BCUT2D eigenvalue weighted by atomic mass is 10.1. The quantitative estimate of drug-likeness (QED) is 0.669. The molecule has 0 aliphatic carbocycles. The average molecular weight is 335 g/mol. The van der Waals surface area contributed by atoms with Gasteiger partial charge in [0, 0.05) is 16.7 Å². The molecule has 0 saturated carbocycles. The maximum atomic E-state index is 12.2. The standard InChI is InChI=1S/C17H15ClO5/c1-10(16(20)11-3-5-12(18)6-4-11)23-17(21)14-8-7-13(22-2)9-15(14)19/h3-10,19H,1-2H3/t10-/m0/s1. The highest BCUT2D eigenvalue weighted by Crippen LogP contribution is 2.24. The van der Waals surface area contributed by atoms with Gasteiger partial charge in [0.15, 0.2) is 6.10 Å². The van der Waals surface area contributed by atoms with Gasteiger partial charge in [0.25, 0.3) is 0 Å². The number of hydrogen-bond acceptors (Lipinski definition) is 5. The van der Waals surface area contributed by atoms with E-state index >= 15 is 0 Å². The summed E-state index contributed by atoms with van der Waals surface area (Å²) in [5, 5.41) is 10.3. The lowest BCUT2D eigenvalue weighted by Crippen LogP contribution is -2.24. The van der Waals surface area contributed by atoms with E-state index in [1.807, 2.05) is 0 Å². The van der Waals surface area contributed by atoms with Crippen LogP contribution >= 0.6 is 11.6 Å². The number of esters is 1. The first-order chi connectivity index (χ1) is 10.9. The molecule has 120 valence electrons. The Bertz CT molecular complexity index is 724. The highest BCUT2D eigenvalue weighted by molar-refractivity contribution is 6.30. The predicted molar refractivity (Wildman–Crippen MR) is 85.3 cm³/mol. The molecule has 0 aromatic heterocycles. The van der Waals surface area contributed by atoms with Crippen LogP contribution in [0.25, 0.3) is 0 Å². The fourth-order valence-corrected chi connectivity index (χ4v) is 2.06. The molecule has 0 radical (unpaired) electrons. The van der Waals surface area contributed by atoms with E-state index in [0.29, 0.717) is 16.3 Å². The third kappa shape index (κ3) is 4.02. The molecule has 23 heavy (non-hydrogen) atoms. The summed E-state index contributed by atoms with van der Waals surface area (Å²) in [7, 11) is 1.44. The van der Waals surface area contributed by atoms with E-state index < -0.39 is 12.1 Å². The summed E-state index contributed by atoms with van der Waals surface area (Å²) in [5.74, 6) is -1.02. The SMILES string of the molecule is COc1ccc(C(=O)O[C@@H](C)C(=O)c2ccc(Cl)cc2)c(O)c1. The zero-order chi connectivity index (χ0) is 17.0. The van der Waals surface area contributed by atoms with Crippen LogP contribution in [0.4, 0.5) is 0 Å². The maximum Gasteiger partial charge on any atom is 0.342 e. The topological polar surface area (TPSA) is 72.8 Å². The molecule has 1 N–H and O–H groups in total. The third-order valence-corrected chi connectivity index (χ3v) is 3.46. The lowest BCUT2D eigenvalue weighted by molar-refractivity contribution is 0.0316. The first-order valence-electron chi connectivity index (χ1n) is 6.80. The molecule has 0 saturated heterocycles. The largest absolute Gasteiger partial charge is 0.507 e. The molecule has 5 nitrogen and oxygen atoms in total. The van der Waals surface area contributed by atoms with E-state index in [1.165, 1.54) is 32.2 Å². The first-order valence-corrected chi connectivity index (χ1v) is 7.18. The number of hydrogen-bond donors (Lipinski definition) is 1. The van der Waals surface area contributed by atoms with Crippen molar-refractivity contribution in [2.75, 3.05) is 7.11 Å². The van der Waals surface area contributed by atoms with Crippen LogP contribution in [0.2, 0.25) is 5.02 Å². The van der Waals surface area contributed by atoms with Crippen LogP contribution in [0.1, 0.15) is 27.6 Å². The van der Waals surface area contributed by atoms with Gasteiger partial charge in [0.1, 0.15) is 17.1 Å². The molecule has 6 heteroatoms. The van der Waals surface area contributed by atoms with E-state index in [4.69, 9.17) is 21.1 Å². The van der Waals surface area contributed by atoms with Crippen molar-refractivity contribution in [2.24, 2.45) is 0 Å². The minimum Gasteiger partial charge on any atom is -0.507 e. The van der Waals surface area contributed by atoms with Crippen molar-refractivity contribution in [3.8, 4) is 11.5 Å². The summed E-state index contributed by atoms with van der Waals surface area (Å²) in [5.41, 5.74) is 0.343. The zero-order valence-electron chi connectivity index (χ0n) is 12.6. The van der Waals surface area contributed by atoms with Crippen molar-refractivity contribution in [1.82, 2.24) is 0 Å². The molecule has 0 aliphatic rings. The molecule has 0 fully saturated rings. The van der Waals surface area contributed by atoms with Crippen LogP contribution in [0.5, 0.6) is 11.5 Å². The summed E-state index contributed by atoms with van der Waals surface area (Å²) in [6.07, 6.45) is -0.995. The second kappa shape index (κ2) is 7.15. The Labute approximate surface area is 138 Å². The molecule has 2 aromatic carbocycles. The summed E-state index contributed by atoms with van der Waals surface area (Å²) in [4.78, 5) is 24.3. The van der Waals surface area contributed by atoms with E-state index in [-0.39, 0.29) is 17.1 Å². The molecule has 0 bridgehead atoms. The van der Waals surface area contributed by atoms with Gasteiger partial charge >= 0.3 is 5.97 Å². The Kier molecular flexibility index (Phi) is 5.24. The minimum atomic E-state index is -0.995. The van der Waals surface area contributed by atoms with Crippen LogP contribution in [0, 0.1) is 0 Å².